The van der Waals surface area contributed by atoms with Crippen molar-refractivity contribution < 1.29 is 5.21 Å². The Kier molecular flexibility index (Phi) is 4.62. The van der Waals surface area contributed by atoms with Crippen molar-refractivity contribution in [2.24, 2.45) is 10.9 Å². The summed E-state index contributed by atoms with van der Waals surface area (Å²) in [5.41, 5.74) is 7.41. The summed E-state index contributed by atoms with van der Waals surface area (Å²) >= 11 is 3.53. The Bertz CT molecular complexity index is 458. The van der Waals surface area contributed by atoms with Crippen LogP contribution in [0.5, 0.6) is 0 Å². The molecule has 4 nitrogen and oxygen atoms in total. The maximum atomic E-state index is 8.66. The van der Waals surface area contributed by atoms with Crippen LogP contribution >= 0.6 is 15.9 Å². The number of amidine groups is 1. The fourth-order valence-electron chi connectivity index (χ4n) is 1.56. The van der Waals surface area contributed by atoms with Gasteiger partial charge in [-0.15, -0.1) is 0 Å². The predicted molar refractivity (Wildman–Crippen MR) is 79.4 cm³/mol. The summed E-state index contributed by atoms with van der Waals surface area (Å²) in [6.45, 7) is 6.54. The van der Waals surface area contributed by atoms with Gasteiger partial charge in [-0.2, -0.15) is 0 Å². The number of oxime groups is 1. The zero-order valence-corrected chi connectivity index (χ0v) is 12.8. The number of halogens is 1. The second-order valence-corrected chi connectivity index (χ2v) is 5.73. The van der Waals surface area contributed by atoms with Crippen LogP contribution < -0.4 is 10.6 Å². The molecular formula is C13H20BrN3O. The molecule has 0 atom stereocenters. The highest BCUT2D eigenvalue weighted by Gasteiger charge is 2.23. The van der Waals surface area contributed by atoms with Gasteiger partial charge in [0, 0.05) is 22.6 Å². The maximum Gasteiger partial charge on any atom is 0.170 e. The van der Waals surface area contributed by atoms with Crippen LogP contribution in [0.4, 0.5) is 5.69 Å². The SMILES string of the molecule is CCC(C)(C)N(C)c1ccc(/C(N)=N/O)cc1Br. The molecule has 0 amide bonds. The molecule has 1 rings (SSSR count). The Hall–Kier alpha value is -1.23. The fraction of sp³-hybridized carbons (Fsp3) is 0.462. The normalized spacial score (nSPS) is 12.6. The zero-order valence-electron chi connectivity index (χ0n) is 11.2. The Morgan fingerprint density at radius 2 is 2.11 bits per heavy atom. The second-order valence-electron chi connectivity index (χ2n) is 4.88. The van der Waals surface area contributed by atoms with E-state index in [0.29, 0.717) is 5.56 Å². The molecule has 0 radical (unpaired) electrons. The molecule has 0 heterocycles. The Balaban J connectivity index is 3.14. The smallest absolute Gasteiger partial charge is 0.170 e. The van der Waals surface area contributed by atoms with Gasteiger partial charge in [-0.1, -0.05) is 12.1 Å². The van der Waals surface area contributed by atoms with Gasteiger partial charge in [0.1, 0.15) is 0 Å². The summed E-state index contributed by atoms with van der Waals surface area (Å²) in [5, 5.41) is 11.7. The third-order valence-electron chi connectivity index (χ3n) is 3.49. The van der Waals surface area contributed by atoms with Crippen molar-refractivity contribution in [3.05, 3.63) is 28.2 Å². The van der Waals surface area contributed by atoms with Crippen molar-refractivity contribution in [1.82, 2.24) is 0 Å². The summed E-state index contributed by atoms with van der Waals surface area (Å²) < 4.78 is 0.927. The molecular weight excluding hydrogens is 294 g/mol. The van der Waals surface area contributed by atoms with E-state index in [0.717, 1.165) is 16.6 Å². The van der Waals surface area contributed by atoms with Crippen LogP contribution in [0.1, 0.15) is 32.8 Å². The first-order valence-corrected chi connectivity index (χ1v) is 6.64. The molecule has 0 bridgehead atoms. The molecule has 1 aromatic carbocycles. The van der Waals surface area contributed by atoms with E-state index in [4.69, 9.17) is 10.9 Å². The van der Waals surface area contributed by atoms with Gasteiger partial charge in [-0.3, -0.25) is 0 Å². The lowest BCUT2D eigenvalue weighted by molar-refractivity contribution is 0.318. The van der Waals surface area contributed by atoms with Gasteiger partial charge < -0.3 is 15.8 Å². The highest BCUT2D eigenvalue weighted by atomic mass is 79.9. The van der Waals surface area contributed by atoms with Crippen molar-refractivity contribution in [2.75, 3.05) is 11.9 Å². The Morgan fingerprint density at radius 3 is 2.56 bits per heavy atom. The Labute approximate surface area is 117 Å². The predicted octanol–water partition coefficient (Wildman–Crippen LogP) is 3.17. The minimum atomic E-state index is 0.0701. The van der Waals surface area contributed by atoms with Gasteiger partial charge in [0.15, 0.2) is 5.84 Å². The largest absolute Gasteiger partial charge is 0.409 e. The molecule has 0 fully saturated rings. The van der Waals surface area contributed by atoms with E-state index in [9.17, 15) is 0 Å². The lowest BCUT2D eigenvalue weighted by atomic mass is 9.99. The molecule has 3 N–H and O–H groups in total. The third kappa shape index (κ3) is 2.96. The van der Waals surface area contributed by atoms with Gasteiger partial charge in [0.25, 0.3) is 0 Å². The number of hydrogen-bond acceptors (Lipinski definition) is 3. The number of nitrogens with zero attached hydrogens (tertiary/aromatic N) is 2. The first kappa shape index (κ1) is 14.8. The average Bonchev–Trinajstić information content (AvgIpc) is 2.36. The average molecular weight is 314 g/mol. The molecule has 0 unspecified atom stereocenters. The molecule has 0 aromatic heterocycles. The van der Waals surface area contributed by atoms with E-state index < -0.39 is 0 Å². The van der Waals surface area contributed by atoms with Crippen molar-refractivity contribution in [1.29, 1.82) is 0 Å². The van der Waals surface area contributed by atoms with Crippen LogP contribution in [0.2, 0.25) is 0 Å². The van der Waals surface area contributed by atoms with Gasteiger partial charge in [-0.05, 0) is 54.4 Å². The summed E-state index contributed by atoms with van der Waals surface area (Å²) in [7, 11) is 2.06. The lowest BCUT2D eigenvalue weighted by Gasteiger charge is -2.37. The first-order valence-electron chi connectivity index (χ1n) is 5.84. The first-order chi connectivity index (χ1) is 8.33. The molecule has 18 heavy (non-hydrogen) atoms. The molecule has 0 aliphatic carbocycles. The standard InChI is InChI=1S/C13H20BrN3O/c1-5-13(2,3)17(4)11-7-6-9(8-10(11)14)12(15)16-18/h6-8,18H,5H2,1-4H3,(H2,15,16). The van der Waals surface area contributed by atoms with Gasteiger partial charge in [0.05, 0.1) is 5.69 Å². The van der Waals surface area contributed by atoms with E-state index in [1.165, 1.54) is 0 Å². The second kappa shape index (κ2) is 5.61. The number of benzene rings is 1. The van der Waals surface area contributed by atoms with E-state index in [-0.39, 0.29) is 11.4 Å². The van der Waals surface area contributed by atoms with Gasteiger partial charge in [-0.25, -0.2) is 0 Å². The quantitative estimate of drug-likeness (QED) is 0.388. The minimum Gasteiger partial charge on any atom is -0.409 e. The van der Waals surface area contributed by atoms with Crippen LogP contribution in [-0.4, -0.2) is 23.6 Å². The molecule has 100 valence electrons. The highest BCUT2D eigenvalue weighted by Crippen LogP contribution is 2.32. The summed E-state index contributed by atoms with van der Waals surface area (Å²) in [6, 6.07) is 5.67. The van der Waals surface area contributed by atoms with Gasteiger partial charge >= 0.3 is 0 Å². The molecule has 0 aliphatic rings. The zero-order chi connectivity index (χ0) is 13.9. The highest BCUT2D eigenvalue weighted by molar-refractivity contribution is 9.10. The van der Waals surface area contributed by atoms with Gasteiger partial charge in [0.2, 0.25) is 0 Å². The fourth-order valence-corrected chi connectivity index (χ4v) is 2.20. The minimum absolute atomic E-state index is 0.0701. The molecule has 0 spiro atoms. The molecule has 0 saturated carbocycles. The number of rotatable bonds is 4. The van der Waals surface area contributed by atoms with Crippen molar-refractivity contribution in [3.63, 3.8) is 0 Å². The summed E-state index contributed by atoms with van der Waals surface area (Å²) in [6.07, 6.45) is 1.04. The number of hydrogen-bond donors (Lipinski definition) is 2. The molecule has 0 aliphatic heterocycles. The topological polar surface area (TPSA) is 61.8 Å². The van der Waals surface area contributed by atoms with Crippen LogP contribution in [0, 0.1) is 0 Å². The van der Waals surface area contributed by atoms with Crippen LogP contribution in [0.25, 0.3) is 0 Å². The molecule has 1 aromatic rings. The molecule has 0 saturated heterocycles. The van der Waals surface area contributed by atoms with E-state index in [1.54, 1.807) is 0 Å². The van der Waals surface area contributed by atoms with Crippen LogP contribution in [-0.2, 0) is 0 Å². The Morgan fingerprint density at radius 1 is 1.50 bits per heavy atom. The number of anilines is 1. The number of nitrogens with two attached hydrogens (primary N) is 1. The van der Waals surface area contributed by atoms with E-state index in [2.05, 4.69) is 53.8 Å². The molecule has 5 heteroatoms. The van der Waals surface area contributed by atoms with E-state index in [1.807, 2.05) is 18.2 Å². The summed E-state index contributed by atoms with van der Waals surface area (Å²) in [5.74, 6) is 0.111. The monoisotopic (exact) mass is 313 g/mol. The van der Waals surface area contributed by atoms with E-state index >= 15 is 0 Å². The van der Waals surface area contributed by atoms with Crippen molar-refractivity contribution in [3.8, 4) is 0 Å². The maximum absolute atomic E-state index is 8.66. The third-order valence-corrected chi connectivity index (χ3v) is 4.12. The summed E-state index contributed by atoms with van der Waals surface area (Å²) in [4.78, 5) is 2.22. The van der Waals surface area contributed by atoms with Crippen molar-refractivity contribution in [2.45, 2.75) is 32.7 Å². The van der Waals surface area contributed by atoms with Crippen molar-refractivity contribution >= 4 is 27.5 Å². The van der Waals surface area contributed by atoms with Crippen LogP contribution in [0.3, 0.4) is 0 Å². The van der Waals surface area contributed by atoms with Crippen LogP contribution in [0.15, 0.2) is 27.8 Å². The lowest BCUT2D eigenvalue weighted by Crippen LogP contribution is -2.40.